The summed E-state index contributed by atoms with van der Waals surface area (Å²) in [6.45, 7) is 0. The number of methoxy groups -OCH3 is 1. The predicted octanol–water partition coefficient (Wildman–Crippen LogP) is 1.14. The number of rotatable bonds is 3. The highest BCUT2D eigenvalue weighted by Crippen LogP contribution is 2.32. The molecule has 1 atom stereocenters. The van der Waals surface area contributed by atoms with Crippen molar-refractivity contribution in [2.45, 2.75) is 18.9 Å². The third kappa shape index (κ3) is 2.53. The molecule has 4 rings (SSSR count). The van der Waals surface area contributed by atoms with Gasteiger partial charge in [-0.25, -0.2) is 14.8 Å². The van der Waals surface area contributed by atoms with Crippen LogP contribution in [0, 0.1) is 0 Å². The van der Waals surface area contributed by atoms with Gasteiger partial charge in [0, 0.05) is 0 Å². The summed E-state index contributed by atoms with van der Waals surface area (Å²) in [4.78, 5) is 32.4. The van der Waals surface area contributed by atoms with Gasteiger partial charge < -0.3 is 15.8 Å². The molecule has 9 heteroatoms. The average molecular weight is 352 g/mol. The fourth-order valence-corrected chi connectivity index (χ4v) is 3.27. The number of fused-ring (bicyclic) bond motifs is 2. The monoisotopic (exact) mass is 352 g/mol. The van der Waals surface area contributed by atoms with Gasteiger partial charge in [-0.15, -0.1) is 0 Å². The third-order valence-corrected chi connectivity index (χ3v) is 4.54. The van der Waals surface area contributed by atoms with Gasteiger partial charge in [0.15, 0.2) is 11.5 Å². The topological polar surface area (TPSA) is 136 Å². The van der Waals surface area contributed by atoms with Crippen LogP contribution >= 0.6 is 0 Å². The van der Waals surface area contributed by atoms with Crippen LogP contribution in [0.4, 0.5) is 5.82 Å². The van der Waals surface area contributed by atoms with Gasteiger partial charge in [0.25, 0.3) is 5.91 Å². The molecule has 1 aromatic carbocycles. The summed E-state index contributed by atoms with van der Waals surface area (Å²) in [6, 6.07) is 5.21. The van der Waals surface area contributed by atoms with Crippen molar-refractivity contribution in [3.05, 3.63) is 46.9 Å². The average Bonchev–Trinajstić information content (AvgIpc) is 3.24. The van der Waals surface area contributed by atoms with Crippen molar-refractivity contribution >= 4 is 28.7 Å². The summed E-state index contributed by atoms with van der Waals surface area (Å²) in [5, 5.41) is 9.54. The van der Waals surface area contributed by atoms with Crippen LogP contribution in [-0.4, -0.2) is 39.2 Å². The standard InChI is InChI=1S/C17H16N6O3/c1-26-17(25)9-2-4-10-8(6-9)3-5-11(10)21-16(24)14-12-13(19-7-20-14)15(18)23-22-12/h2,4,6-7,11H,3,5H2,1H3,(H,21,24)(H3,18,22,23)/t11-/m1/s1. The SMILES string of the molecule is COC(=O)c1ccc2c(c1)CC[C@H]2NC(=O)c1ncnc2c(N)n[nH]c12. The van der Waals surface area contributed by atoms with Crippen LogP contribution in [-0.2, 0) is 11.2 Å². The maximum absolute atomic E-state index is 12.7. The highest BCUT2D eigenvalue weighted by atomic mass is 16.5. The number of hydrogen-bond acceptors (Lipinski definition) is 7. The minimum Gasteiger partial charge on any atom is -0.465 e. The Morgan fingerprint density at radius 2 is 2.19 bits per heavy atom. The molecule has 2 heterocycles. The Morgan fingerprint density at radius 3 is 3.00 bits per heavy atom. The maximum Gasteiger partial charge on any atom is 0.337 e. The van der Waals surface area contributed by atoms with E-state index < -0.39 is 0 Å². The zero-order chi connectivity index (χ0) is 18.3. The first-order valence-electron chi connectivity index (χ1n) is 8.05. The number of ether oxygens (including phenoxy) is 1. The van der Waals surface area contributed by atoms with Gasteiger partial charge in [-0.1, -0.05) is 6.07 Å². The Bertz CT molecular complexity index is 1030. The van der Waals surface area contributed by atoms with Gasteiger partial charge in [0.2, 0.25) is 0 Å². The molecule has 0 radical (unpaired) electrons. The third-order valence-electron chi connectivity index (χ3n) is 4.54. The fourth-order valence-electron chi connectivity index (χ4n) is 3.27. The van der Waals surface area contributed by atoms with Crippen LogP contribution in [0.25, 0.3) is 11.0 Å². The molecule has 0 unspecified atom stereocenters. The molecule has 1 aliphatic carbocycles. The Morgan fingerprint density at radius 1 is 1.35 bits per heavy atom. The van der Waals surface area contributed by atoms with Crippen LogP contribution in [0.15, 0.2) is 24.5 Å². The molecule has 3 aromatic rings. The van der Waals surface area contributed by atoms with Crippen molar-refractivity contribution in [3.8, 4) is 0 Å². The number of aryl methyl sites for hydroxylation is 1. The molecular formula is C17H16N6O3. The number of benzene rings is 1. The van der Waals surface area contributed by atoms with Gasteiger partial charge in [0.05, 0.1) is 18.7 Å². The highest BCUT2D eigenvalue weighted by Gasteiger charge is 2.27. The number of aromatic nitrogens is 4. The minimum atomic E-state index is -0.375. The Kier molecular flexibility index (Phi) is 3.76. The molecule has 2 aromatic heterocycles. The lowest BCUT2D eigenvalue weighted by molar-refractivity contribution is 0.0600. The van der Waals surface area contributed by atoms with Crippen molar-refractivity contribution in [1.82, 2.24) is 25.5 Å². The molecule has 0 saturated carbocycles. The van der Waals surface area contributed by atoms with E-state index in [0.717, 1.165) is 24.0 Å². The number of carbonyl (C=O) groups excluding carboxylic acids is 2. The molecule has 0 aliphatic heterocycles. The van der Waals surface area contributed by atoms with Crippen LogP contribution in [0.2, 0.25) is 0 Å². The number of hydrogen-bond donors (Lipinski definition) is 3. The molecular weight excluding hydrogens is 336 g/mol. The molecule has 1 aliphatic rings. The highest BCUT2D eigenvalue weighted by molar-refractivity contribution is 6.04. The first kappa shape index (κ1) is 16.0. The van der Waals surface area contributed by atoms with E-state index in [0.29, 0.717) is 16.6 Å². The fraction of sp³-hybridized carbons (Fsp3) is 0.235. The van der Waals surface area contributed by atoms with E-state index >= 15 is 0 Å². The van der Waals surface area contributed by atoms with Crippen molar-refractivity contribution in [2.75, 3.05) is 12.8 Å². The Labute approximate surface area is 148 Å². The Balaban J connectivity index is 1.59. The van der Waals surface area contributed by atoms with Crippen LogP contribution in [0.3, 0.4) is 0 Å². The molecule has 132 valence electrons. The second-order valence-corrected chi connectivity index (χ2v) is 6.02. The number of nitrogens with two attached hydrogens (primary N) is 1. The van der Waals surface area contributed by atoms with Gasteiger partial charge in [-0.3, -0.25) is 9.89 Å². The summed E-state index contributed by atoms with van der Waals surface area (Å²) in [5.74, 6) is -0.491. The molecule has 0 bridgehead atoms. The molecule has 0 fully saturated rings. The number of nitrogens with zero attached hydrogens (tertiary/aromatic N) is 3. The second-order valence-electron chi connectivity index (χ2n) is 6.02. The number of esters is 1. The van der Waals surface area contributed by atoms with E-state index in [1.54, 1.807) is 6.07 Å². The summed E-state index contributed by atoms with van der Waals surface area (Å²) < 4.78 is 4.75. The zero-order valence-corrected chi connectivity index (χ0v) is 13.9. The number of aromatic amines is 1. The lowest BCUT2D eigenvalue weighted by atomic mass is 10.0. The van der Waals surface area contributed by atoms with Crippen molar-refractivity contribution < 1.29 is 14.3 Å². The van der Waals surface area contributed by atoms with Gasteiger partial charge in [-0.2, -0.15) is 5.10 Å². The molecule has 4 N–H and O–H groups in total. The van der Waals surface area contributed by atoms with Crippen molar-refractivity contribution in [3.63, 3.8) is 0 Å². The summed E-state index contributed by atoms with van der Waals surface area (Å²) in [5.41, 5.74) is 9.25. The number of carbonyl (C=O) groups is 2. The lowest BCUT2D eigenvalue weighted by Gasteiger charge is -2.14. The zero-order valence-electron chi connectivity index (χ0n) is 13.9. The molecule has 26 heavy (non-hydrogen) atoms. The van der Waals surface area contributed by atoms with Crippen LogP contribution < -0.4 is 11.1 Å². The minimum absolute atomic E-state index is 0.158. The van der Waals surface area contributed by atoms with Crippen LogP contribution in [0.5, 0.6) is 0 Å². The molecule has 0 saturated heterocycles. The number of nitrogens with one attached hydrogen (secondary N) is 2. The number of H-pyrrole nitrogens is 1. The first-order valence-corrected chi connectivity index (χ1v) is 8.05. The number of amides is 1. The number of nitrogen functional groups attached to an aromatic ring is 1. The molecule has 1 amide bonds. The quantitative estimate of drug-likeness (QED) is 0.601. The van der Waals surface area contributed by atoms with E-state index in [1.807, 2.05) is 12.1 Å². The van der Waals surface area contributed by atoms with Gasteiger partial charge in [-0.05, 0) is 36.1 Å². The lowest BCUT2D eigenvalue weighted by Crippen LogP contribution is -2.28. The largest absolute Gasteiger partial charge is 0.465 e. The summed E-state index contributed by atoms with van der Waals surface area (Å²) in [6.07, 6.45) is 2.79. The van der Waals surface area contributed by atoms with E-state index in [2.05, 4.69) is 25.5 Å². The smallest absolute Gasteiger partial charge is 0.337 e. The van der Waals surface area contributed by atoms with E-state index in [4.69, 9.17) is 10.5 Å². The van der Waals surface area contributed by atoms with Crippen LogP contribution in [0.1, 0.15) is 44.4 Å². The molecule has 9 nitrogen and oxygen atoms in total. The second kappa shape index (κ2) is 6.10. The van der Waals surface area contributed by atoms with E-state index in [-0.39, 0.29) is 29.4 Å². The number of anilines is 1. The normalized spacial score (nSPS) is 15.7. The van der Waals surface area contributed by atoms with E-state index in [9.17, 15) is 9.59 Å². The first-order chi connectivity index (χ1) is 12.6. The summed E-state index contributed by atoms with van der Waals surface area (Å²) >= 11 is 0. The van der Waals surface area contributed by atoms with E-state index in [1.165, 1.54) is 13.4 Å². The van der Waals surface area contributed by atoms with Gasteiger partial charge >= 0.3 is 5.97 Å². The summed E-state index contributed by atoms with van der Waals surface area (Å²) in [7, 11) is 1.35. The maximum atomic E-state index is 12.7. The predicted molar refractivity (Wildman–Crippen MR) is 92.4 cm³/mol. The molecule has 0 spiro atoms. The van der Waals surface area contributed by atoms with Crippen molar-refractivity contribution in [2.24, 2.45) is 0 Å². The Hall–Kier alpha value is -3.49. The van der Waals surface area contributed by atoms with Crippen molar-refractivity contribution in [1.29, 1.82) is 0 Å². The van der Waals surface area contributed by atoms with Gasteiger partial charge in [0.1, 0.15) is 17.4 Å².